The van der Waals surface area contributed by atoms with Crippen LogP contribution in [0.1, 0.15) is 47.1 Å². The van der Waals surface area contributed by atoms with E-state index in [0.29, 0.717) is 19.3 Å². The molecule has 2 aromatic rings. The second kappa shape index (κ2) is 7.21. The third kappa shape index (κ3) is 3.21. The average molecular weight is 430 g/mol. The lowest BCUT2D eigenvalue weighted by molar-refractivity contribution is -0.0173. The van der Waals surface area contributed by atoms with E-state index in [1.807, 2.05) is 6.07 Å². The molecule has 2 aromatic carbocycles. The van der Waals surface area contributed by atoms with Crippen LogP contribution in [0.25, 0.3) is 0 Å². The average Bonchev–Trinajstić information content (AvgIpc) is 3.04. The summed E-state index contributed by atoms with van der Waals surface area (Å²) < 4.78 is 12.2. The van der Waals surface area contributed by atoms with Gasteiger partial charge in [-0.15, -0.1) is 0 Å². The quantitative estimate of drug-likeness (QED) is 0.778. The van der Waals surface area contributed by atoms with Crippen molar-refractivity contribution in [2.45, 2.75) is 43.9 Å². The second-order valence-electron chi connectivity index (χ2n) is 7.80. The number of benzene rings is 2. The predicted molar refractivity (Wildman–Crippen MR) is 107 cm³/mol. The van der Waals surface area contributed by atoms with Crippen molar-refractivity contribution in [1.29, 1.82) is 0 Å². The van der Waals surface area contributed by atoms with E-state index in [2.05, 4.69) is 51.2 Å². The Kier molecular flexibility index (Phi) is 4.72. The molecular formula is C22H24BrNO3. The van der Waals surface area contributed by atoms with Gasteiger partial charge in [-0.1, -0.05) is 34.1 Å². The Labute approximate surface area is 168 Å². The highest BCUT2D eigenvalue weighted by atomic mass is 79.9. The molecule has 142 valence electrons. The van der Waals surface area contributed by atoms with Crippen LogP contribution >= 0.6 is 15.9 Å². The number of hydrogen-bond acceptors (Lipinski definition) is 4. The summed E-state index contributed by atoms with van der Waals surface area (Å²) in [4.78, 5) is 2.48. The number of fused-ring (bicyclic) bond motifs is 2. The van der Waals surface area contributed by atoms with Crippen LogP contribution < -0.4 is 4.74 Å². The Hall–Kier alpha value is -1.40. The van der Waals surface area contributed by atoms with E-state index in [9.17, 15) is 5.11 Å². The van der Waals surface area contributed by atoms with Gasteiger partial charge in [-0.05, 0) is 73.2 Å². The number of aliphatic hydroxyl groups is 1. The van der Waals surface area contributed by atoms with E-state index in [4.69, 9.17) is 9.47 Å². The smallest absolute Gasteiger partial charge is 0.189 e. The first-order valence-electron chi connectivity index (χ1n) is 9.73. The lowest BCUT2D eigenvalue weighted by Gasteiger charge is -2.38. The molecule has 2 unspecified atom stereocenters. The molecule has 1 saturated heterocycles. The summed E-state index contributed by atoms with van der Waals surface area (Å²) in [5.41, 5.74) is 4.97. The Morgan fingerprint density at radius 3 is 2.78 bits per heavy atom. The second-order valence-corrected chi connectivity index (χ2v) is 8.72. The summed E-state index contributed by atoms with van der Waals surface area (Å²) in [5, 5.41) is 10.9. The number of aliphatic hydroxyl groups excluding tert-OH is 1. The van der Waals surface area contributed by atoms with Gasteiger partial charge in [0.25, 0.3) is 0 Å². The molecule has 0 radical (unpaired) electrons. The van der Waals surface area contributed by atoms with Crippen molar-refractivity contribution < 1.29 is 14.6 Å². The summed E-state index contributed by atoms with van der Waals surface area (Å²) in [6, 6.07) is 12.9. The van der Waals surface area contributed by atoms with Crippen molar-refractivity contribution in [2.75, 3.05) is 19.9 Å². The van der Waals surface area contributed by atoms with Crippen molar-refractivity contribution in [3.63, 3.8) is 0 Å². The number of rotatable bonds is 2. The molecule has 1 aliphatic carbocycles. The molecule has 2 aliphatic heterocycles. The molecule has 1 N–H and O–H groups in total. The molecule has 2 atom stereocenters. The van der Waals surface area contributed by atoms with Crippen LogP contribution in [-0.2, 0) is 17.8 Å². The molecule has 0 amide bonds. The maximum absolute atomic E-state index is 10.9. The van der Waals surface area contributed by atoms with Crippen molar-refractivity contribution in [2.24, 2.45) is 0 Å². The van der Waals surface area contributed by atoms with Gasteiger partial charge >= 0.3 is 0 Å². The lowest BCUT2D eigenvalue weighted by atomic mass is 9.85. The van der Waals surface area contributed by atoms with E-state index in [1.54, 1.807) is 0 Å². The number of nitrogens with zero attached hydrogens (tertiary/aromatic N) is 1. The fourth-order valence-electron chi connectivity index (χ4n) is 4.95. The number of ether oxygens (including phenoxy) is 2. The topological polar surface area (TPSA) is 41.9 Å². The van der Waals surface area contributed by atoms with Gasteiger partial charge in [-0.3, -0.25) is 4.90 Å². The van der Waals surface area contributed by atoms with Crippen LogP contribution in [0.2, 0.25) is 0 Å². The summed E-state index contributed by atoms with van der Waals surface area (Å²) in [6.07, 6.45) is 2.77. The van der Waals surface area contributed by atoms with E-state index in [1.165, 1.54) is 16.7 Å². The summed E-state index contributed by atoms with van der Waals surface area (Å²) in [6.45, 7) is 3.04. The van der Waals surface area contributed by atoms with E-state index in [-0.39, 0.29) is 12.1 Å². The Morgan fingerprint density at radius 1 is 1.07 bits per heavy atom. The van der Waals surface area contributed by atoms with Crippen LogP contribution in [0, 0.1) is 0 Å². The van der Waals surface area contributed by atoms with Crippen LogP contribution in [0.5, 0.6) is 5.75 Å². The van der Waals surface area contributed by atoms with Gasteiger partial charge < -0.3 is 14.6 Å². The van der Waals surface area contributed by atoms with Gasteiger partial charge in [0.05, 0.1) is 12.7 Å². The Bertz CT molecular complexity index is 847. The fourth-order valence-corrected chi connectivity index (χ4v) is 5.32. The first-order chi connectivity index (χ1) is 13.2. The monoisotopic (exact) mass is 429 g/mol. The Balaban J connectivity index is 1.29. The molecule has 0 bridgehead atoms. The fraction of sp³-hybridized carbons (Fsp3) is 0.455. The molecular weight excluding hydrogens is 406 g/mol. The van der Waals surface area contributed by atoms with Gasteiger partial charge in [-0.2, -0.15) is 0 Å². The van der Waals surface area contributed by atoms with Gasteiger partial charge in [0.1, 0.15) is 5.75 Å². The van der Waals surface area contributed by atoms with Gasteiger partial charge in [0.2, 0.25) is 0 Å². The highest BCUT2D eigenvalue weighted by Gasteiger charge is 2.37. The third-order valence-electron chi connectivity index (χ3n) is 6.37. The molecule has 5 rings (SSSR count). The SMILES string of the molecule is OC1c2cc(Br)ccc2CC1N1CCC(c2cccc3c2COCO3)CC1. The van der Waals surface area contributed by atoms with E-state index >= 15 is 0 Å². The predicted octanol–water partition coefficient (Wildman–Crippen LogP) is 4.15. The summed E-state index contributed by atoms with van der Waals surface area (Å²) >= 11 is 3.53. The standard InChI is InChI=1S/C22H24BrNO3/c23-16-5-4-15-10-20(22(25)18(15)11-16)24-8-6-14(7-9-24)17-2-1-3-21-19(17)12-26-13-27-21/h1-5,11,14,20,22,25H,6-10,12-13H2. The van der Waals surface area contributed by atoms with Gasteiger partial charge in [0, 0.05) is 16.1 Å². The zero-order valence-corrected chi connectivity index (χ0v) is 16.8. The summed E-state index contributed by atoms with van der Waals surface area (Å²) in [7, 11) is 0. The minimum atomic E-state index is -0.389. The van der Waals surface area contributed by atoms with Crippen molar-refractivity contribution in [3.05, 3.63) is 63.1 Å². The van der Waals surface area contributed by atoms with E-state index < -0.39 is 0 Å². The highest BCUT2D eigenvalue weighted by Crippen LogP contribution is 2.40. The molecule has 0 spiro atoms. The number of piperidine rings is 1. The van der Waals surface area contributed by atoms with Crippen molar-refractivity contribution in [3.8, 4) is 5.75 Å². The molecule has 1 fully saturated rings. The van der Waals surface area contributed by atoms with Crippen molar-refractivity contribution >= 4 is 15.9 Å². The van der Waals surface area contributed by atoms with Crippen LogP contribution in [0.4, 0.5) is 0 Å². The normalized spacial score (nSPS) is 25.7. The molecule has 3 aliphatic rings. The van der Waals surface area contributed by atoms with Gasteiger partial charge in [0.15, 0.2) is 6.79 Å². The lowest BCUT2D eigenvalue weighted by Crippen LogP contribution is -2.43. The summed E-state index contributed by atoms with van der Waals surface area (Å²) in [5.74, 6) is 1.52. The number of likely N-dealkylation sites (tertiary alicyclic amines) is 1. The molecule has 0 aromatic heterocycles. The maximum Gasteiger partial charge on any atom is 0.189 e. The van der Waals surface area contributed by atoms with E-state index in [0.717, 1.165) is 48.1 Å². The first-order valence-corrected chi connectivity index (χ1v) is 10.5. The molecule has 27 heavy (non-hydrogen) atoms. The van der Waals surface area contributed by atoms with Crippen LogP contribution in [0.15, 0.2) is 40.9 Å². The maximum atomic E-state index is 10.9. The van der Waals surface area contributed by atoms with Gasteiger partial charge in [-0.25, -0.2) is 0 Å². The Morgan fingerprint density at radius 2 is 1.93 bits per heavy atom. The molecule has 4 nitrogen and oxygen atoms in total. The largest absolute Gasteiger partial charge is 0.467 e. The third-order valence-corrected chi connectivity index (χ3v) is 6.87. The zero-order chi connectivity index (χ0) is 18.4. The van der Waals surface area contributed by atoms with Crippen molar-refractivity contribution in [1.82, 2.24) is 4.90 Å². The minimum Gasteiger partial charge on any atom is -0.467 e. The molecule has 0 saturated carbocycles. The molecule has 2 heterocycles. The van der Waals surface area contributed by atoms with Crippen LogP contribution in [0.3, 0.4) is 0 Å². The zero-order valence-electron chi connectivity index (χ0n) is 15.2. The number of hydrogen-bond donors (Lipinski definition) is 1. The van der Waals surface area contributed by atoms with Crippen LogP contribution in [-0.4, -0.2) is 35.9 Å². The molecule has 5 heteroatoms. The minimum absolute atomic E-state index is 0.201. The highest BCUT2D eigenvalue weighted by molar-refractivity contribution is 9.10. The number of halogens is 1. The first kappa shape index (κ1) is 17.7.